The van der Waals surface area contributed by atoms with E-state index in [9.17, 15) is 19.7 Å². The van der Waals surface area contributed by atoms with Gasteiger partial charge in [-0.2, -0.15) is 0 Å². The fourth-order valence-electron chi connectivity index (χ4n) is 3.28. The summed E-state index contributed by atoms with van der Waals surface area (Å²) in [6.07, 6.45) is 0. The maximum Gasteiger partial charge on any atom is 0.272 e. The molecule has 0 saturated carbocycles. The topological polar surface area (TPSA) is 93.4 Å². The van der Waals surface area contributed by atoms with E-state index in [-0.39, 0.29) is 22.5 Å². The van der Waals surface area contributed by atoms with Gasteiger partial charge in [0.2, 0.25) is 0 Å². The molecular weight excluding hydrogens is 422 g/mol. The van der Waals surface area contributed by atoms with E-state index in [1.165, 1.54) is 35.2 Å². The fourth-order valence-corrected chi connectivity index (χ4v) is 5.41. The third-order valence-corrected chi connectivity index (χ3v) is 6.69. The van der Waals surface area contributed by atoms with E-state index in [1.807, 2.05) is 24.3 Å². The molecule has 2 amide bonds. The molecule has 1 aliphatic rings. The zero-order chi connectivity index (χ0) is 20.8. The van der Waals surface area contributed by atoms with Crippen LogP contribution in [0.1, 0.15) is 20.7 Å². The first-order valence-electron chi connectivity index (χ1n) is 8.82. The van der Waals surface area contributed by atoms with Gasteiger partial charge in [-0.05, 0) is 30.3 Å². The van der Waals surface area contributed by atoms with E-state index >= 15 is 0 Å². The van der Waals surface area contributed by atoms with Crippen molar-refractivity contribution in [3.63, 3.8) is 0 Å². The summed E-state index contributed by atoms with van der Waals surface area (Å²) >= 11 is 2.73. The van der Waals surface area contributed by atoms with Gasteiger partial charge < -0.3 is 0 Å². The Labute approximate surface area is 178 Å². The lowest BCUT2D eigenvalue weighted by atomic mass is 10.1. The van der Waals surface area contributed by atoms with E-state index in [1.54, 1.807) is 30.3 Å². The number of carbonyl (C=O) groups excluding carboxylic acids is 2. The first-order chi connectivity index (χ1) is 14.5. The van der Waals surface area contributed by atoms with Gasteiger partial charge in [0.1, 0.15) is 0 Å². The summed E-state index contributed by atoms with van der Waals surface area (Å²) in [5.41, 5.74) is 1.38. The number of para-hydroxylation sites is 1. The van der Waals surface area contributed by atoms with Crippen LogP contribution in [0.3, 0.4) is 0 Å². The number of rotatable bonds is 4. The van der Waals surface area contributed by atoms with Crippen LogP contribution < -0.4 is 4.90 Å². The first-order valence-corrected chi connectivity index (χ1v) is 10.5. The molecule has 0 bridgehead atoms. The van der Waals surface area contributed by atoms with Crippen LogP contribution in [-0.4, -0.2) is 21.7 Å². The smallest absolute Gasteiger partial charge is 0.268 e. The summed E-state index contributed by atoms with van der Waals surface area (Å²) in [6, 6.07) is 18.4. The Kier molecular flexibility index (Phi) is 4.34. The lowest BCUT2D eigenvalue weighted by Gasteiger charge is -2.14. The molecule has 0 aliphatic carbocycles. The van der Waals surface area contributed by atoms with E-state index in [0.29, 0.717) is 9.24 Å². The summed E-state index contributed by atoms with van der Waals surface area (Å²) in [7, 11) is 0. The van der Waals surface area contributed by atoms with Crippen molar-refractivity contribution >= 4 is 56.5 Å². The standard InChI is InChI=1S/C21H11N3O4S2/c25-19-15-5-1-2-6-16(15)20(26)23(19)12-9-13(24(27)28)11-14(10-12)29-21-22-17-7-3-4-8-18(17)30-21/h1-11H. The Morgan fingerprint density at radius 3 is 2.27 bits per heavy atom. The van der Waals surface area contributed by atoms with Gasteiger partial charge in [-0.1, -0.05) is 36.0 Å². The van der Waals surface area contributed by atoms with Crippen LogP contribution in [0.5, 0.6) is 0 Å². The Morgan fingerprint density at radius 2 is 1.60 bits per heavy atom. The minimum atomic E-state index is -0.538. The highest BCUT2D eigenvalue weighted by molar-refractivity contribution is 8.01. The minimum absolute atomic E-state index is 0.166. The molecule has 0 unspecified atom stereocenters. The van der Waals surface area contributed by atoms with Crippen LogP contribution in [-0.2, 0) is 0 Å². The molecule has 1 aliphatic heterocycles. The Balaban J connectivity index is 1.56. The fraction of sp³-hybridized carbons (Fsp3) is 0. The van der Waals surface area contributed by atoms with Crippen LogP contribution in [0.25, 0.3) is 10.2 Å². The molecule has 0 N–H and O–H groups in total. The maximum atomic E-state index is 12.8. The van der Waals surface area contributed by atoms with Crippen molar-refractivity contribution in [1.82, 2.24) is 4.98 Å². The van der Waals surface area contributed by atoms with Crippen LogP contribution in [0.4, 0.5) is 11.4 Å². The van der Waals surface area contributed by atoms with Crippen molar-refractivity contribution in [2.45, 2.75) is 9.24 Å². The molecule has 2 heterocycles. The second-order valence-electron chi connectivity index (χ2n) is 6.48. The highest BCUT2D eigenvalue weighted by atomic mass is 32.2. The predicted molar refractivity (Wildman–Crippen MR) is 114 cm³/mol. The number of thiazole rings is 1. The minimum Gasteiger partial charge on any atom is -0.268 e. The number of anilines is 1. The van der Waals surface area contributed by atoms with Crippen molar-refractivity contribution < 1.29 is 14.5 Å². The van der Waals surface area contributed by atoms with Gasteiger partial charge in [-0.25, -0.2) is 9.88 Å². The van der Waals surface area contributed by atoms with Gasteiger partial charge >= 0.3 is 0 Å². The van der Waals surface area contributed by atoms with Crippen LogP contribution >= 0.6 is 23.1 Å². The Morgan fingerprint density at radius 1 is 0.933 bits per heavy atom. The molecular formula is C21H11N3O4S2. The van der Waals surface area contributed by atoms with Crippen LogP contribution in [0.2, 0.25) is 0 Å². The molecule has 0 atom stereocenters. The van der Waals surface area contributed by atoms with Crippen LogP contribution in [0.15, 0.2) is 76.0 Å². The number of non-ortho nitro benzene ring substituents is 1. The number of hydrogen-bond donors (Lipinski definition) is 0. The molecule has 0 radical (unpaired) electrons. The van der Waals surface area contributed by atoms with Gasteiger partial charge in [0.15, 0.2) is 4.34 Å². The Hall–Kier alpha value is -3.56. The third-order valence-electron chi connectivity index (χ3n) is 4.62. The van der Waals surface area contributed by atoms with Gasteiger partial charge in [0.25, 0.3) is 17.5 Å². The van der Waals surface area contributed by atoms with Crippen molar-refractivity contribution in [2.75, 3.05) is 4.90 Å². The molecule has 7 nitrogen and oxygen atoms in total. The number of benzene rings is 3. The molecule has 0 spiro atoms. The average Bonchev–Trinajstić information content (AvgIpc) is 3.26. The molecule has 30 heavy (non-hydrogen) atoms. The van der Waals surface area contributed by atoms with Gasteiger partial charge in [-0.15, -0.1) is 11.3 Å². The van der Waals surface area contributed by atoms with Crippen molar-refractivity contribution in [3.8, 4) is 0 Å². The van der Waals surface area contributed by atoms with E-state index in [0.717, 1.165) is 15.1 Å². The number of carbonyl (C=O) groups is 2. The highest BCUT2D eigenvalue weighted by Crippen LogP contribution is 2.39. The number of imide groups is 1. The Bertz CT molecular complexity index is 1300. The summed E-state index contributed by atoms with van der Waals surface area (Å²) < 4.78 is 1.72. The van der Waals surface area contributed by atoms with E-state index < -0.39 is 16.7 Å². The lowest BCUT2D eigenvalue weighted by Crippen LogP contribution is -2.29. The number of hydrogen-bond acceptors (Lipinski definition) is 7. The van der Waals surface area contributed by atoms with Crippen molar-refractivity contribution in [3.05, 3.63) is 88.0 Å². The second kappa shape index (κ2) is 7.05. The quantitative estimate of drug-likeness (QED) is 0.251. The van der Waals surface area contributed by atoms with Gasteiger partial charge in [0, 0.05) is 17.0 Å². The summed E-state index contributed by atoms with van der Waals surface area (Å²) in [5, 5.41) is 11.5. The molecule has 5 rings (SSSR count). The third kappa shape index (κ3) is 3.04. The SMILES string of the molecule is O=C1c2ccccc2C(=O)N1c1cc(Sc2nc3ccccc3s2)cc([N+](=O)[O-])c1. The number of amides is 2. The molecule has 0 fully saturated rings. The maximum absolute atomic E-state index is 12.8. The van der Waals surface area contributed by atoms with Gasteiger partial charge in [0.05, 0.1) is 32.0 Å². The number of nitrogens with zero attached hydrogens (tertiary/aromatic N) is 3. The summed E-state index contributed by atoms with van der Waals surface area (Å²) in [4.78, 5) is 42.6. The molecule has 9 heteroatoms. The predicted octanol–water partition coefficient (Wildman–Crippen LogP) is 5.16. The van der Waals surface area contributed by atoms with E-state index in [2.05, 4.69) is 4.98 Å². The molecule has 146 valence electrons. The average molecular weight is 433 g/mol. The summed E-state index contributed by atoms with van der Waals surface area (Å²) in [6.45, 7) is 0. The summed E-state index contributed by atoms with van der Waals surface area (Å²) in [5.74, 6) is -0.987. The molecule has 4 aromatic rings. The van der Waals surface area contributed by atoms with E-state index in [4.69, 9.17) is 0 Å². The van der Waals surface area contributed by atoms with Crippen LogP contribution in [0, 0.1) is 10.1 Å². The number of aromatic nitrogens is 1. The number of nitro groups is 1. The van der Waals surface area contributed by atoms with Crippen molar-refractivity contribution in [2.24, 2.45) is 0 Å². The monoisotopic (exact) mass is 433 g/mol. The molecule has 3 aromatic carbocycles. The first kappa shape index (κ1) is 18.5. The molecule has 0 saturated heterocycles. The second-order valence-corrected chi connectivity index (χ2v) is 8.83. The van der Waals surface area contributed by atoms with Gasteiger partial charge in [-0.3, -0.25) is 19.7 Å². The zero-order valence-electron chi connectivity index (χ0n) is 15.1. The largest absolute Gasteiger partial charge is 0.272 e. The highest BCUT2D eigenvalue weighted by Gasteiger charge is 2.37. The normalized spacial score (nSPS) is 13.1. The molecule has 1 aromatic heterocycles. The number of nitro benzene ring substituents is 1. The zero-order valence-corrected chi connectivity index (χ0v) is 16.8. The number of fused-ring (bicyclic) bond motifs is 2. The lowest BCUT2D eigenvalue weighted by molar-refractivity contribution is -0.385. The van der Waals surface area contributed by atoms with Crippen molar-refractivity contribution in [1.29, 1.82) is 0 Å².